The van der Waals surface area contributed by atoms with Gasteiger partial charge in [-0.05, 0) is 23.6 Å². The summed E-state index contributed by atoms with van der Waals surface area (Å²) in [4.78, 5) is 29.4. The number of carbonyl (C=O) groups is 2. The number of thioether (sulfide) groups is 1. The van der Waals surface area contributed by atoms with E-state index in [1.165, 1.54) is 17.3 Å². The van der Waals surface area contributed by atoms with Crippen LogP contribution in [-0.2, 0) is 17.8 Å². The number of amides is 2. The normalized spacial score (nSPS) is 10.3. The molecule has 1 N–H and O–H groups in total. The van der Waals surface area contributed by atoms with Crippen LogP contribution < -0.4 is 5.32 Å². The van der Waals surface area contributed by atoms with Crippen LogP contribution in [0.4, 0.5) is 4.79 Å². The molecule has 0 radical (unpaired) electrons. The average Bonchev–Trinajstić information content (AvgIpc) is 2.64. The molecule has 2 aromatic rings. The first-order chi connectivity index (χ1) is 12.1. The highest BCUT2D eigenvalue weighted by atomic mass is 32.2. The molecule has 0 atom stereocenters. The highest BCUT2D eigenvalue weighted by molar-refractivity contribution is 8.13. The van der Waals surface area contributed by atoms with Crippen LogP contribution in [0, 0.1) is 0 Å². The summed E-state index contributed by atoms with van der Waals surface area (Å²) < 4.78 is 0. The van der Waals surface area contributed by atoms with Crippen molar-refractivity contribution in [1.82, 2.24) is 15.2 Å². The van der Waals surface area contributed by atoms with E-state index in [9.17, 15) is 9.59 Å². The van der Waals surface area contributed by atoms with Crippen molar-refractivity contribution in [2.24, 2.45) is 0 Å². The summed E-state index contributed by atoms with van der Waals surface area (Å²) in [5, 5.41) is 2.99. The average molecular weight is 357 g/mol. The number of hydrogen-bond donors (Lipinski definition) is 1. The lowest BCUT2D eigenvalue weighted by molar-refractivity contribution is -0.109. The predicted molar refractivity (Wildman–Crippen MR) is 101 cm³/mol. The number of benzene rings is 1. The van der Waals surface area contributed by atoms with E-state index in [-0.39, 0.29) is 11.1 Å². The Balaban J connectivity index is 1.89. The Morgan fingerprint density at radius 3 is 2.52 bits per heavy atom. The molecule has 0 fully saturated rings. The van der Waals surface area contributed by atoms with Gasteiger partial charge in [0.25, 0.3) is 0 Å². The third-order valence-corrected chi connectivity index (χ3v) is 4.43. The van der Waals surface area contributed by atoms with Crippen LogP contribution >= 0.6 is 11.8 Å². The lowest BCUT2D eigenvalue weighted by Gasteiger charge is -2.23. The van der Waals surface area contributed by atoms with E-state index < -0.39 is 0 Å². The summed E-state index contributed by atoms with van der Waals surface area (Å²) in [5.74, 6) is 0.602. The molecule has 6 heteroatoms. The number of nitrogens with zero attached hydrogens (tertiary/aromatic N) is 2. The maximum atomic E-state index is 12.5. The van der Waals surface area contributed by atoms with E-state index in [4.69, 9.17) is 0 Å². The van der Waals surface area contributed by atoms with Crippen LogP contribution in [0.2, 0.25) is 0 Å². The van der Waals surface area contributed by atoms with E-state index in [2.05, 4.69) is 22.4 Å². The first-order valence-corrected chi connectivity index (χ1v) is 9.22. The lowest BCUT2D eigenvalue weighted by atomic mass is 10.1. The molecular weight excluding hydrogens is 334 g/mol. The van der Waals surface area contributed by atoms with Gasteiger partial charge in [0.15, 0.2) is 5.12 Å². The van der Waals surface area contributed by atoms with Gasteiger partial charge in [0.1, 0.15) is 0 Å². The number of hydrogen-bond acceptors (Lipinski definition) is 4. The van der Waals surface area contributed by atoms with Crippen molar-refractivity contribution >= 4 is 22.9 Å². The van der Waals surface area contributed by atoms with E-state index >= 15 is 0 Å². The molecule has 1 heterocycles. The number of urea groups is 1. The quantitative estimate of drug-likeness (QED) is 0.788. The zero-order valence-corrected chi connectivity index (χ0v) is 15.2. The number of pyridine rings is 1. The van der Waals surface area contributed by atoms with Gasteiger partial charge >= 0.3 is 6.03 Å². The molecule has 2 rings (SSSR count). The first-order valence-electron chi connectivity index (χ1n) is 8.24. The molecule has 0 aliphatic heterocycles. The van der Waals surface area contributed by atoms with Gasteiger partial charge in [-0.15, -0.1) is 0 Å². The molecule has 0 saturated carbocycles. The second-order valence-electron chi connectivity index (χ2n) is 5.58. The molecule has 132 valence electrons. The van der Waals surface area contributed by atoms with Gasteiger partial charge in [-0.2, -0.15) is 0 Å². The van der Waals surface area contributed by atoms with Gasteiger partial charge in [-0.3, -0.25) is 9.78 Å². The maximum absolute atomic E-state index is 12.5. The van der Waals surface area contributed by atoms with E-state index in [0.29, 0.717) is 25.4 Å². The first kappa shape index (κ1) is 19.0. The molecule has 5 nitrogen and oxygen atoms in total. The van der Waals surface area contributed by atoms with Crippen molar-refractivity contribution in [3.05, 3.63) is 66.0 Å². The van der Waals surface area contributed by atoms with Crippen LogP contribution in [0.5, 0.6) is 0 Å². The SMILES string of the molecule is CC(=O)SCCN(CCc1ccccc1)C(=O)NCc1cccnc1. The van der Waals surface area contributed by atoms with Gasteiger partial charge in [0.2, 0.25) is 0 Å². The fraction of sp³-hybridized carbons (Fsp3) is 0.316. The molecule has 1 aromatic carbocycles. The van der Waals surface area contributed by atoms with E-state index in [0.717, 1.165) is 12.0 Å². The van der Waals surface area contributed by atoms with Crippen LogP contribution in [0.1, 0.15) is 18.1 Å². The molecule has 2 amide bonds. The summed E-state index contributed by atoms with van der Waals surface area (Å²) in [7, 11) is 0. The van der Waals surface area contributed by atoms with Crippen LogP contribution in [0.25, 0.3) is 0 Å². The Hall–Kier alpha value is -2.34. The number of nitrogens with one attached hydrogen (secondary N) is 1. The van der Waals surface area contributed by atoms with Gasteiger partial charge in [-0.1, -0.05) is 48.2 Å². The van der Waals surface area contributed by atoms with Crippen LogP contribution in [-0.4, -0.2) is 39.9 Å². The van der Waals surface area contributed by atoms with Crippen LogP contribution in [0.15, 0.2) is 54.9 Å². The maximum Gasteiger partial charge on any atom is 0.317 e. The minimum atomic E-state index is -0.121. The Morgan fingerprint density at radius 2 is 1.84 bits per heavy atom. The van der Waals surface area contributed by atoms with Gasteiger partial charge in [-0.25, -0.2) is 4.79 Å². The molecular formula is C19H23N3O2S. The Kier molecular flexibility index (Phi) is 7.98. The largest absolute Gasteiger partial charge is 0.334 e. The molecule has 0 bridgehead atoms. The minimum Gasteiger partial charge on any atom is -0.334 e. The topological polar surface area (TPSA) is 62.3 Å². The molecule has 0 unspecified atom stereocenters. The fourth-order valence-electron chi connectivity index (χ4n) is 2.32. The highest BCUT2D eigenvalue weighted by Gasteiger charge is 2.13. The smallest absolute Gasteiger partial charge is 0.317 e. The lowest BCUT2D eigenvalue weighted by Crippen LogP contribution is -2.42. The van der Waals surface area contributed by atoms with Gasteiger partial charge < -0.3 is 10.2 Å². The Morgan fingerprint density at radius 1 is 1.08 bits per heavy atom. The highest BCUT2D eigenvalue weighted by Crippen LogP contribution is 2.06. The second kappa shape index (κ2) is 10.5. The summed E-state index contributed by atoms with van der Waals surface area (Å²) in [5.41, 5.74) is 2.14. The summed E-state index contributed by atoms with van der Waals surface area (Å²) in [6.07, 6.45) is 4.22. The summed E-state index contributed by atoms with van der Waals surface area (Å²) in [6, 6.07) is 13.7. The van der Waals surface area contributed by atoms with E-state index in [1.54, 1.807) is 24.2 Å². The van der Waals surface area contributed by atoms with Crippen molar-refractivity contribution in [2.45, 2.75) is 19.9 Å². The second-order valence-corrected chi connectivity index (χ2v) is 6.85. The van der Waals surface area contributed by atoms with Crippen molar-refractivity contribution in [3.8, 4) is 0 Å². The number of carbonyl (C=O) groups excluding carboxylic acids is 2. The number of aromatic nitrogens is 1. The monoisotopic (exact) mass is 357 g/mol. The molecule has 0 aliphatic rings. The van der Waals surface area contributed by atoms with Crippen LogP contribution in [0.3, 0.4) is 0 Å². The van der Waals surface area contributed by atoms with Crippen molar-refractivity contribution in [2.75, 3.05) is 18.8 Å². The summed E-state index contributed by atoms with van der Waals surface area (Å²) >= 11 is 1.24. The zero-order valence-electron chi connectivity index (χ0n) is 14.4. The van der Waals surface area contributed by atoms with Gasteiger partial charge in [0, 0.05) is 44.7 Å². The Labute approximate surface area is 152 Å². The molecule has 0 saturated heterocycles. The zero-order chi connectivity index (χ0) is 17.9. The Bertz CT molecular complexity index is 665. The number of rotatable bonds is 8. The van der Waals surface area contributed by atoms with E-state index in [1.807, 2.05) is 30.3 Å². The van der Waals surface area contributed by atoms with Crippen molar-refractivity contribution < 1.29 is 9.59 Å². The van der Waals surface area contributed by atoms with Crippen molar-refractivity contribution in [1.29, 1.82) is 0 Å². The third kappa shape index (κ3) is 7.39. The fourth-order valence-corrected chi connectivity index (χ4v) is 2.91. The minimum absolute atomic E-state index is 0.0683. The third-order valence-electron chi connectivity index (χ3n) is 3.63. The molecule has 0 aliphatic carbocycles. The van der Waals surface area contributed by atoms with Gasteiger partial charge in [0.05, 0.1) is 0 Å². The molecule has 1 aromatic heterocycles. The molecule has 25 heavy (non-hydrogen) atoms. The summed E-state index contributed by atoms with van der Waals surface area (Å²) in [6.45, 7) is 3.13. The molecule has 0 spiro atoms. The van der Waals surface area contributed by atoms with Crippen molar-refractivity contribution in [3.63, 3.8) is 0 Å². The standard InChI is InChI=1S/C19H23N3O2S/c1-16(23)25-13-12-22(11-9-17-6-3-2-4-7-17)19(24)21-15-18-8-5-10-20-14-18/h2-8,10,14H,9,11-13,15H2,1H3,(H,21,24). The predicted octanol–water partition coefficient (Wildman–Crippen LogP) is 3.12.